The van der Waals surface area contributed by atoms with Crippen LogP contribution in [0, 0.1) is 12.8 Å². The Morgan fingerprint density at radius 1 is 1.21 bits per heavy atom. The minimum absolute atomic E-state index is 0.00927. The van der Waals surface area contributed by atoms with Gasteiger partial charge in [0.25, 0.3) is 0 Å². The van der Waals surface area contributed by atoms with E-state index >= 15 is 0 Å². The Morgan fingerprint density at radius 2 is 1.94 bits per heavy atom. The average Bonchev–Trinajstić information content (AvgIpc) is 3.25. The van der Waals surface area contributed by atoms with Gasteiger partial charge in [-0.1, -0.05) is 35.9 Å². The Kier molecular flexibility index (Phi) is 6.93. The molecular weight excluding hydrogens is 452 g/mol. The molecule has 3 N–H and O–H groups in total. The summed E-state index contributed by atoms with van der Waals surface area (Å²) in [6, 6.07) is 14.6. The number of hydrogen-bond acceptors (Lipinski definition) is 6. The highest BCUT2D eigenvalue weighted by Gasteiger charge is 2.42. The fourth-order valence-electron chi connectivity index (χ4n) is 4.27. The molecule has 1 saturated heterocycles. The third-order valence-corrected chi connectivity index (χ3v) is 6.65. The molecule has 3 aromatic rings. The maximum absolute atomic E-state index is 13.5. The number of carbonyl (C=O) groups excluding carboxylic acids is 3. The van der Waals surface area contributed by atoms with Crippen molar-refractivity contribution in [2.45, 2.75) is 32.2 Å². The van der Waals surface area contributed by atoms with Gasteiger partial charge in [-0.15, -0.1) is 11.3 Å². The number of aryl methyl sites for hydroxylation is 1. The molecule has 1 aliphatic heterocycles. The van der Waals surface area contributed by atoms with E-state index < -0.39 is 17.9 Å². The zero-order valence-electron chi connectivity index (χ0n) is 19.0. The second kappa shape index (κ2) is 10.0. The maximum atomic E-state index is 13.5. The first-order chi connectivity index (χ1) is 16.4. The van der Waals surface area contributed by atoms with Gasteiger partial charge in [0.2, 0.25) is 17.7 Å². The zero-order chi connectivity index (χ0) is 24.2. The predicted molar refractivity (Wildman–Crippen MR) is 131 cm³/mol. The quantitative estimate of drug-likeness (QED) is 0.538. The molecule has 3 amide bonds. The first-order valence-corrected chi connectivity index (χ1v) is 11.8. The number of hydrogen-bond donors (Lipinski definition) is 2. The van der Waals surface area contributed by atoms with Crippen molar-refractivity contribution in [2.75, 3.05) is 17.3 Å². The molecule has 0 bridgehead atoms. The summed E-state index contributed by atoms with van der Waals surface area (Å²) in [5, 5.41) is 4.96. The molecule has 8 nitrogen and oxygen atoms in total. The number of thiazole rings is 1. The van der Waals surface area contributed by atoms with Crippen LogP contribution < -0.4 is 20.7 Å². The van der Waals surface area contributed by atoms with Crippen molar-refractivity contribution in [3.05, 3.63) is 70.7 Å². The summed E-state index contributed by atoms with van der Waals surface area (Å²) in [4.78, 5) is 43.9. The number of rotatable bonds is 7. The van der Waals surface area contributed by atoms with E-state index in [2.05, 4.69) is 10.3 Å². The summed E-state index contributed by atoms with van der Waals surface area (Å²) in [6.07, 6.45) is 0.632. The number of nitrogens with two attached hydrogens (primary N) is 1. The lowest BCUT2D eigenvalue weighted by Crippen LogP contribution is -2.47. The molecule has 4 rings (SSSR count). The molecule has 1 aliphatic rings. The predicted octanol–water partition coefficient (Wildman–Crippen LogP) is 3.61. The number of primary amides is 1. The van der Waals surface area contributed by atoms with Gasteiger partial charge >= 0.3 is 0 Å². The average molecular weight is 479 g/mol. The molecular formula is C25H26N4O4S. The molecule has 0 spiro atoms. The molecule has 0 radical (unpaired) electrons. The molecule has 34 heavy (non-hydrogen) atoms. The molecule has 0 saturated carbocycles. The van der Waals surface area contributed by atoms with E-state index in [0.29, 0.717) is 23.0 Å². The number of amides is 3. The molecule has 2 heterocycles. The number of aromatic nitrogens is 1. The number of nitrogens with one attached hydrogen (secondary N) is 1. The smallest absolute Gasteiger partial charge is 0.231 e. The molecule has 9 heteroatoms. The van der Waals surface area contributed by atoms with E-state index in [1.165, 1.54) is 11.3 Å². The van der Waals surface area contributed by atoms with Crippen LogP contribution >= 0.6 is 11.3 Å². The van der Waals surface area contributed by atoms with Crippen LogP contribution in [-0.4, -0.2) is 29.8 Å². The van der Waals surface area contributed by atoms with Crippen LogP contribution in [0.2, 0.25) is 0 Å². The van der Waals surface area contributed by atoms with Gasteiger partial charge in [0.05, 0.1) is 31.2 Å². The minimum Gasteiger partial charge on any atom is -0.496 e. The molecule has 0 aliphatic carbocycles. The molecule has 1 aromatic heterocycles. The van der Waals surface area contributed by atoms with Crippen LogP contribution in [0.4, 0.5) is 10.8 Å². The number of ether oxygens (including phenoxy) is 1. The number of para-hydroxylation sites is 1. The lowest BCUT2D eigenvalue weighted by molar-refractivity contribution is -0.126. The Bertz CT molecular complexity index is 1210. The van der Waals surface area contributed by atoms with Gasteiger partial charge in [0.1, 0.15) is 5.75 Å². The van der Waals surface area contributed by atoms with Gasteiger partial charge in [0, 0.05) is 23.1 Å². The van der Waals surface area contributed by atoms with Gasteiger partial charge in [0.15, 0.2) is 5.13 Å². The normalized spacial score (nSPS) is 17.9. The summed E-state index contributed by atoms with van der Waals surface area (Å²) in [5.74, 6) is -0.727. The van der Waals surface area contributed by atoms with Crippen LogP contribution in [0.5, 0.6) is 5.75 Å². The molecule has 176 valence electrons. The van der Waals surface area contributed by atoms with E-state index in [-0.39, 0.29) is 24.7 Å². The van der Waals surface area contributed by atoms with Crippen molar-refractivity contribution in [2.24, 2.45) is 11.7 Å². The molecule has 2 aromatic carbocycles. The van der Waals surface area contributed by atoms with Crippen molar-refractivity contribution >= 4 is 39.9 Å². The summed E-state index contributed by atoms with van der Waals surface area (Å²) in [5.41, 5.74) is 8.31. The van der Waals surface area contributed by atoms with Crippen molar-refractivity contribution in [1.82, 2.24) is 4.98 Å². The largest absolute Gasteiger partial charge is 0.496 e. The van der Waals surface area contributed by atoms with Gasteiger partial charge in [-0.3, -0.25) is 14.4 Å². The van der Waals surface area contributed by atoms with Crippen LogP contribution in [-0.2, 0) is 20.8 Å². The minimum atomic E-state index is -0.565. The van der Waals surface area contributed by atoms with Crippen molar-refractivity contribution in [3.8, 4) is 5.75 Å². The monoisotopic (exact) mass is 478 g/mol. The molecule has 2 unspecified atom stereocenters. The highest BCUT2D eigenvalue weighted by atomic mass is 32.1. The fourth-order valence-corrected chi connectivity index (χ4v) is 4.98. The Hall–Kier alpha value is -3.72. The van der Waals surface area contributed by atoms with Gasteiger partial charge < -0.3 is 20.7 Å². The number of benzene rings is 2. The van der Waals surface area contributed by atoms with E-state index in [0.717, 1.165) is 16.8 Å². The van der Waals surface area contributed by atoms with Gasteiger partial charge in [-0.2, -0.15) is 0 Å². The Balaban J connectivity index is 1.71. The fraction of sp³-hybridized carbons (Fsp3) is 0.280. The van der Waals surface area contributed by atoms with E-state index in [9.17, 15) is 14.4 Å². The maximum Gasteiger partial charge on any atom is 0.231 e. The Labute approximate surface area is 201 Å². The molecule has 2 atom stereocenters. The number of piperidine rings is 1. The summed E-state index contributed by atoms with van der Waals surface area (Å²) >= 11 is 1.23. The van der Waals surface area contributed by atoms with Gasteiger partial charge in [-0.25, -0.2) is 4.98 Å². The number of nitrogens with zero attached hydrogens (tertiary/aromatic N) is 2. The second-order valence-electron chi connectivity index (χ2n) is 8.21. The number of carbonyl (C=O) groups is 3. The topological polar surface area (TPSA) is 115 Å². The van der Waals surface area contributed by atoms with Gasteiger partial charge in [-0.05, 0) is 31.5 Å². The lowest BCUT2D eigenvalue weighted by Gasteiger charge is -2.41. The third-order valence-electron chi connectivity index (χ3n) is 5.84. The van der Waals surface area contributed by atoms with Crippen molar-refractivity contribution in [1.29, 1.82) is 0 Å². The summed E-state index contributed by atoms with van der Waals surface area (Å²) in [7, 11) is 1.57. The number of methoxy groups -OCH3 is 1. The Morgan fingerprint density at radius 3 is 2.65 bits per heavy atom. The first-order valence-electron chi connectivity index (χ1n) is 10.9. The summed E-state index contributed by atoms with van der Waals surface area (Å²) < 4.78 is 5.60. The van der Waals surface area contributed by atoms with E-state index in [1.54, 1.807) is 17.4 Å². The summed E-state index contributed by atoms with van der Waals surface area (Å²) in [6.45, 7) is 1.98. The molecule has 1 fully saturated rings. The van der Waals surface area contributed by atoms with E-state index in [1.807, 2.05) is 55.5 Å². The number of anilines is 2. The lowest BCUT2D eigenvalue weighted by atomic mass is 9.82. The standard InChI is InChI=1S/C25H26N4O4S/c1-15-7-9-17(10-8-15)29-22(31)12-11-19(23(29)18-5-3-4-6-20(18)33-2)24(32)28-25-27-16(14-34-25)13-21(26)30/h3-10,14,19,23H,11-13H2,1-2H3,(H2,26,30)(H,27,28,32). The zero-order valence-corrected chi connectivity index (χ0v) is 19.8. The third kappa shape index (κ3) is 4.94. The van der Waals surface area contributed by atoms with E-state index in [4.69, 9.17) is 10.5 Å². The highest BCUT2D eigenvalue weighted by molar-refractivity contribution is 7.13. The van der Waals surface area contributed by atoms with Crippen LogP contribution in [0.1, 0.15) is 35.7 Å². The van der Waals surface area contributed by atoms with Crippen LogP contribution in [0.25, 0.3) is 0 Å². The van der Waals surface area contributed by atoms with Crippen LogP contribution in [0.15, 0.2) is 53.9 Å². The van der Waals surface area contributed by atoms with Crippen molar-refractivity contribution in [3.63, 3.8) is 0 Å². The first kappa shape index (κ1) is 23.4. The second-order valence-corrected chi connectivity index (χ2v) is 9.07. The highest BCUT2D eigenvalue weighted by Crippen LogP contribution is 2.43. The van der Waals surface area contributed by atoms with Crippen LogP contribution in [0.3, 0.4) is 0 Å². The SMILES string of the molecule is COc1ccccc1C1C(C(=O)Nc2nc(CC(N)=O)cs2)CCC(=O)N1c1ccc(C)cc1. The van der Waals surface area contributed by atoms with Crippen molar-refractivity contribution < 1.29 is 19.1 Å².